The second-order valence-corrected chi connectivity index (χ2v) is 6.76. The van der Waals surface area contributed by atoms with Gasteiger partial charge in [0, 0.05) is 19.7 Å². The molecule has 4 nitrogen and oxygen atoms in total. The molecule has 0 bridgehead atoms. The summed E-state index contributed by atoms with van der Waals surface area (Å²) in [6.45, 7) is 6.69. The van der Waals surface area contributed by atoms with E-state index in [1.54, 1.807) is 0 Å². The minimum atomic E-state index is 0.191. The summed E-state index contributed by atoms with van der Waals surface area (Å²) in [5, 5.41) is 12.4. The summed E-state index contributed by atoms with van der Waals surface area (Å²) in [6, 6.07) is 4.07. The van der Waals surface area contributed by atoms with E-state index in [4.69, 9.17) is 14.6 Å². The van der Waals surface area contributed by atoms with Gasteiger partial charge in [-0.25, -0.2) is 0 Å². The van der Waals surface area contributed by atoms with Crippen molar-refractivity contribution < 1.29 is 14.6 Å². The number of rotatable bonds is 7. The fraction of sp³-hybridized carbons (Fsp3) is 0.600. The monoisotopic (exact) mass is 343 g/mol. The fourth-order valence-corrected chi connectivity index (χ4v) is 2.92. The first-order chi connectivity index (χ1) is 9.52. The molecular formula is C15H22BrNO3. The topological polar surface area (TPSA) is 50.7 Å². The third-order valence-electron chi connectivity index (χ3n) is 3.43. The molecule has 1 heterocycles. The highest BCUT2D eigenvalue weighted by molar-refractivity contribution is 9.10. The number of hydrogen-bond acceptors (Lipinski definition) is 4. The molecule has 1 aliphatic rings. The van der Waals surface area contributed by atoms with Gasteiger partial charge in [0.25, 0.3) is 0 Å². The van der Waals surface area contributed by atoms with Crippen LogP contribution in [-0.4, -0.2) is 25.1 Å². The molecule has 0 radical (unpaired) electrons. The van der Waals surface area contributed by atoms with Crippen molar-refractivity contribution in [3.63, 3.8) is 0 Å². The van der Waals surface area contributed by atoms with Crippen molar-refractivity contribution in [3.8, 4) is 11.5 Å². The van der Waals surface area contributed by atoms with E-state index < -0.39 is 0 Å². The molecule has 0 unspecified atom stereocenters. The van der Waals surface area contributed by atoms with Crippen molar-refractivity contribution >= 4 is 15.9 Å². The Morgan fingerprint density at radius 1 is 1.35 bits per heavy atom. The molecule has 5 heteroatoms. The Morgan fingerprint density at radius 3 is 2.90 bits per heavy atom. The molecule has 0 fully saturated rings. The highest BCUT2D eigenvalue weighted by atomic mass is 79.9. The highest BCUT2D eigenvalue weighted by Crippen LogP contribution is 2.39. The van der Waals surface area contributed by atoms with Crippen molar-refractivity contribution in [1.82, 2.24) is 5.32 Å². The molecule has 0 saturated heterocycles. The molecule has 20 heavy (non-hydrogen) atoms. The molecule has 1 aromatic rings. The Bertz CT molecular complexity index is 463. The molecule has 112 valence electrons. The zero-order valence-electron chi connectivity index (χ0n) is 12.0. The van der Waals surface area contributed by atoms with Gasteiger partial charge in [-0.1, -0.05) is 13.8 Å². The SMILES string of the molecule is CC(C)(CCCO)CNCc1cc(Br)c2c(c1)OCO2. The van der Waals surface area contributed by atoms with Crippen LogP contribution in [0.5, 0.6) is 11.5 Å². The maximum absolute atomic E-state index is 8.90. The summed E-state index contributed by atoms with van der Waals surface area (Å²) in [7, 11) is 0. The molecule has 0 saturated carbocycles. The second-order valence-electron chi connectivity index (χ2n) is 5.91. The minimum absolute atomic E-state index is 0.191. The van der Waals surface area contributed by atoms with E-state index in [9.17, 15) is 0 Å². The third-order valence-corrected chi connectivity index (χ3v) is 4.02. The molecule has 1 aromatic carbocycles. The molecule has 0 amide bonds. The third kappa shape index (κ3) is 4.11. The van der Waals surface area contributed by atoms with Gasteiger partial charge < -0.3 is 19.9 Å². The Hall–Kier alpha value is -0.780. The summed E-state index contributed by atoms with van der Waals surface area (Å²) in [5.74, 6) is 1.59. The summed E-state index contributed by atoms with van der Waals surface area (Å²) in [6.07, 6.45) is 1.87. The second kappa shape index (κ2) is 6.78. The molecular weight excluding hydrogens is 322 g/mol. The van der Waals surface area contributed by atoms with Crippen LogP contribution in [0, 0.1) is 5.41 Å². The van der Waals surface area contributed by atoms with E-state index in [0.29, 0.717) is 6.79 Å². The van der Waals surface area contributed by atoms with Gasteiger partial charge in [0.05, 0.1) is 4.47 Å². The number of ether oxygens (including phenoxy) is 2. The van der Waals surface area contributed by atoms with Crippen LogP contribution >= 0.6 is 15.9 Å². The van der Waals surface area contributed by atoms with Gasteiger partial charge in [0.2, 0.25) is 6.79 Å². The van der Waals surface area contributed by atoms with Gasteiger partial charge in [-0.2, -0.15) is 0 Å². The molecule has 0 aromatic heterocycles. The predicted molar refractivity (Wildman–Crippen MR) is 82.1 cm³/mol. The predicted octanol–water partition coefficient (Wildman–Crippen LogP) is 3.07. The molecule has 1 aliphatic heterocycles. The van der Waals surface area contributed by atoms with Crippen molar-refractivity contribution in [1.29, 1.82) is 0 Å². The van der Waals surface area contributed by atoms with Gasteiger partial charge in [-0.05, 0) is 51.9 Å². The lowest BCUT2D eigenvalue weighted by atomic mass is 9.88. The van der Waals surface area contributed by atoms with E-state index in [1.165, 1.54) is 5.56 Å². The number of benzene rings is 1. The van der Waals surface area contributed by atoms with Crippen LogP contribution in [-0.2, 0) is 6.54 Å². The van der Waals surface area contributed by atoms with Crippen molar-refractivity contribution in [3.05, 3.63) is 22.2 Å². The van der Waals surface area contributed by atoms with Crippen molar-refractivity contribution in [2.45, 2.75) is 33.2 Å². The molecule has 0 aliphatic carbocycles. The number of nitrogens with one attached hydrogen (secondary N) is 1. The Labute approximate surface area is 128 Å². The standard InChI is InChI=1S/C15H22BrNO3/c1-15(2,4-3-5-18)9-17-8-11-6-12(16)14-13(7-11)19-10-20-14/h6-7,17-18H,3-5,8-10H2,1-2H3. The van der Waals surface area contributed by atoms with Gasteiger partial charge in [0.15, 0.2) is 11.5 Å². The summed E-state index contributed by atoms with van der Waals surface area (Å²) in [4.78, 5) is 0. The first kappa shape index (κ1) is 15.6. The van der Waals surface area contributed by atoms with E-state index in [-0.39, 0.29) is 12.0 Å². The van der Waals surface area contributed by atoms with Crippen molar-refractivity contribution in [2.24, 2.45) is 5.41 Å². The summed E-state index contributed by atoms with van der Waals surface area (Å²) in [5.41, 5.74) is 1.36. The van der Waals surface area contributed by atoms with E-state index in [0.717, 1.165) is 41.9 Å². The average Bonchev–Trinajstić information content (AvgIpc) is 2.85. The van der Waals surface area contributed by atoms with Crippen LogP contribution in [0.3, 0.4) is 0 Å². The van der Waals surface area contributed by atoms with Crippen LogP contribution < -0.4 is 14.8 Å². The zero-order valence-corrected chi connectivity index (χ0v) is 13.6. The smallest absolute Gasteiger partial charge is 0.231 e. The van der Waals surface area contributed by atoms with Crippen LogP contribution in [0.15, 0.2) is 16.6 Å². The van der Waals surface area contributed by atoms with Crippen LogP contribution in [0.1, 0.15) is 32.3 Å². The molecule has 2 rings (SSSR count). The number of hydrogen-bond donors (Lipinski definition) is 2. The number of aliphatic hydroxyl groups is 1. The Balaban J connectivity index is 1.87. The summed E-state index contributed by atoms with van der Waals surface area (Å²) < 4.78 is 11.7. The zero-order chi connectivity index (χ0) is 14.6. The minimum Gasteiger partial charge on any atom is -0.454 e. The van der Waals surface area contributed by atoms with E-state index >= 15 is 0 Å². The van der Waals surface area contributed by atoms with Crippen LogP contribution in [0.25, 0.3) is 0 Å². The first-order valence-electron chi connectivity index (χ1n) is 6.91. The average molecular weight is 344 g/mol. The molecule has 2 N–H and O–H groups in total. The lowest BCUT2D eigenvalue weighted by Gasteiger charge is -2.24. The maximum Gasteiger partial charge on any atom is 0.231 e. The first-order valence-corrected chi connectivity index (χ1v) is 7.71. The van der Waals surface area contributed by atoms with Gasteiger partial charge in [-0.3, -0.25) is 0 Å². The molecule has 0 atom stereocenters. The Morgan fingerprint density at radius 2 is 2.15 bits per heavy atom. The van der Waals surface area contributed by atoms with Crippen LogP contribution in [0.4, 0.5) is 0 Å². The van der Waals surface area contributed by atoms with Gasteiger partial charge >= 0.3 is 0 Å². The van der Waals surface area contributed by atoms with E-state index in [1.807, 2.05) is 6.07 Å². The van der Waals surface area contributed by atoms with E-state index in [2.05, 4.69) is 41.2 Å². The normalized spacial score (nSPS) is 13.8. The Kier molecular flexibility index (Phi) is 5.29. The van der Waals surface area contributed by atoms with Crippen LogP contribution in [0.2, 0.25) is 0 Å². The lowest BCUT2D eigenvalue weighted by molar-refractivity contribution is 0.173. The largest absolute Gasteiger partial charge is 0.454 e. The maximum atomic E-state index is 8.90. The van der Waals surface area contributed by atoms with Crippen molar-refractivity contribution in [2.75, 3.05) is 19.9 Å². The highest BCUT2D eigenvalue weighted by Gasteiger charge is 2.19. The fourth-order valence-electron chi connectivity index (χ4n) is 2.31. The van der Waals surface area contributed by atoms with Gasteiger partial charge in [0.1, 0.15) is 0 Å². The lowest BCUT2D eigenvalue weighted by Crippen LogP contribution is -2.29. The number of halogens is 1. The molecule has 0 spiro atoms. The number of fused-ring (bicyclic) bond motifs is 1. The summed E-state index contributed by atoms with van der Waals surface area (Å²) >= 11 is 3.50. The van der Waals surface area contributed by atoms with Gasteiger partial charge in [-0.15, -0.1) is 0 Å². The quantitative estimate of drug-likeness (QED) is 0.798. The number of aliphatic hydroxyl groups excluding tert-OH is 1.